The van der Waals surface area contributed by atoms with Gasteiger partial charge in [0, 0.05) is 85.3 Å². The first-order valence-corrected chi connectivity index (χ1v) is 17.5. The molecule has 2 saturated heterocycles. The van der Waals surface area contributed by atoms with E-state index in [1.807, 2.05) is 0 Å². The van der Waals surface area contributed by atoms with Gasteiger partial charge in [0.2, 0.25) is 0 Å². The van der Waals surface area contributed by atoms with Crippen LogP contribution >= 0.6 is 11.6 Å². The zero-order valence-electron chi connectivity index (χ0n) is 27.1. The summed E-state index contributed by atoms with van der Waals surface area (Å²) < 4.78 is 83.7. The zero-order valence-corrected chi connectivity index (χ0v) is 28.7. The standard InChI is InChI=1S/C33H35ClF3N7O4S/c1-33(2,3)48-32(45)42-14-12-41(13-15-42)23-18-26(35)31(27(36)19-23)44-20-25(30(39-44)21-6-8-38-9-7-21)24-16-22(34)17-28(29(24)37)40-49(46,47)43-10-4-5-11-43/h6-9,16-20,40H,4-5,10-15H2,1-3H3. The summed E-state index contributed by atoms with van der Waals surface area (Å²) in [4.78, 5) is 19.8. The molecule has 0 aliphatic carbocycles. The molecular formula is C33H35ClF3N7O4S. The van der Waals surface area contributed by atoms with Crippen molar-refractivity contribution >= 4 is 39.3 Å². The second-order valence-electron chi connectivity index (χ2n) is 12.8. The third-order valence-electron chi connectivity index (χ3n) is 8.17. The maximum absolute atomic E-state index is 16.2. The Morgan fingerprint density at radius 3 is 2.16 bits per heavy atom. The number of carbonyl (C=O) groups is 1. The van der Waals surface area contributed by atoms with Gasteiger partial charge in [-0.1, -0.05) is 11.6 Å². The van der Waals surface area contributed by atoms with Crippen LogP contribution in [0.5, 0.6) is 0 Å². The lowest BCUT2D eigenvalue weighted by atomic mass is 10.0. The van der Waals surface area contributed by atoms with Gasteiger partial charge in [-0.05, 0) is 70.0 Å². The van der Waals surface area contributed by atoms with Crippen LogP contribution in [0.1, 0.15) is 33.6 Å². The third-order valence-corrected chi connectivity index (χ3v) is 9.91. The summed E-state index contributed by atoms with van der Waals surface area (Å²) >= 11 is 6.37. The highest BCUT2D eigenvalue weighted by atomic mass is 35.5. The summed E-state index contributed by atoms with van der Waals surface area (Å²) in [5.41, 5.74) is -0.669. The average Bonchev–Trinajstić information content (AvgIpc) is 3.74. The van der Waals surface area contributed by atoms with Crippen molar-refractivity contribution in [1.82, 2.24) is 24.0 Å². The second-order valence-corrected chi connectivity index (χ2v) is 14.9. The molecule has 0 atom stereocenters. The van der Waals surface area contributed by atoms with Crippen LogP contribution in [-0.4, -0.2) is 83.4 Å². The molecule has 49 heavy (non-hydrogen) atoms. The van der Waals surface area contributed by atoms with Crippen molar-refractivity contribution in [2.45, 2.75) is 39.2 Å². The van der Waals surface area contributed by atoms with E-state index in [-0.39, 0.29) is 33.2 Å². The molecule has 11 nitrogen and oxygen atoms in total. The van der Waals surface area contributed by atoms with Crippen LogP contribution in [0, 0.1) is 17.5 Å². The molecule has 4 heterocycles. The Morgan fingerprint density at radius 1 is 0.918 bits per heavy atom. The van der Waals surface area contributed by atoms with Crippen LogP contribution in [0.25, 0.3) is 28.1 Å². The van der Waals surface area contributed by atoms with Crippen molar-refractivity contribution in [3.05, 3.63) is 77.5 Å². The molecule has 2 aromatic carbocycles. The Kier molecular flexibility index (Phi) is 9.52. The second kappa shape index (κ2) is 13.5. The van der Waals surface area contributed by atoms with E-state index < -0.39 is 45.0 Å². The minimum Gasteiger partial charge on any atom is -0.444 e. The van der Waals surface area contributed by atoms with Crippen LogP contribution in [-0.2, 0) is 14.9 Å². The highest BCUT2D eigenvalue weighted by Gasteiger charge is 2.30. The molecule has 6 rings (SSSR count). The number of hydrogen-bond acceptors (Lipinski definition) is 7. The first-order valence-electron chi connectivity index (χ1n) is 15.7. The third kappa shape index (κ3) is 7.48. The van der Waals surface area contributed by atoms with Gasteiger partial charge >= 0.3 is 16.3 Å². The van der Waals surface area contributed by atoms with E-state index in [1.165, 1.54) is 41.1 Å². The van der Waals surface area contributed by atoms with E-state index in [4.69, 9.17) is 16.3 Å². The summed E-state index contributed by atoms with van der Waals surface area (Å²) in [6.07, 6.45) is 5.17. The number of amides is 1. The van der Waals surface area contributed by atoms with Crippen molar-refractivity contribution < 1.29 is 31.1 Å². The smallest absolute Gasteiger partial charge is 0.410 e. The van der Waals surface area contributed by atoms with Crippen LogP contribution in [0.4, 0.5) is 29.3 Å². The number of ether oxygens (including phenoxy) is 1. The van der Waals surface area contributed by atoms with Crippen LogP contribution < -0.4 is 9.62 Å². The topological polar surface area (TPSA) is 113 Å². The highest BCUT2D eigenvalue weighted by Crippen LogP contribution is 2.39. The van der Waals surface area contributed by atoms with Crippen LogP contribution in [0.3, 0.4) is 0 Å². The minimum atomic E-state index is -4.06. The summed E-state index contributed by atoms with van der Waals surface area (Å²) in [6.45, 7) is 7.21. The molecule has 1 N–H and O–H groups in total. The predicted molar refractivity (Wildman–Crippen MR) is 180 cm³/mol. The van der Waals surface area contributed by atoms with Gasteiger partial charge in [0.05, 0.1) is 5.69 Å². The van der Waals surface area contributed by atoms with Crippen molar-refractivity contribution in [2.75, 3.05) is 48.9 Å². The molecule has 0 unspecified atom stereocenters. The number of pyridine rings is 1. The summed E-state index contributed by atoms with van der Waals surface area (Å²) in [5, 5.41) is 4.49. The molecule has 2 fully saturated rings. The highest BCUT2D eigenvalue weighted by molar-refractivity contribution is 7.90. The molecule has 2 aliphatic heterocycles. The maximum atomic E-state index is 16.2. The number of nitrogens with one attached hydrogen (secondary N) is 1. The minimum absolute atomic E-state index is 0.0254. The van der Waals surface area contributed by atoms with Crippen molar-refractivity contribution in [1.29, 1.82) is 0 Å². The fourth-order valence-electron chi connectivity index (χ4n) is 5.83. The lowest BCUT2D eigenvalue weighted by molar-refractivity contribution is 0.0240. The van der Waals surface area contributed by atoms with Gasteiger partial charge in [0.25, 0.3) is 0 Å². The first-order chi connectivity index (χ1) is 23.2. The average molecular weight is 718 g/mol. The summed E-state index contributed by atoms with van der Waals surface area (Å²) in [5.74, 6) is -2.79. The zero-order chi connectivity index (χ0) is 35.1. The maximum Gasteiger partial charge on any atom is 0.410 e. The Hall–Kier alpha value is -4.34. The van der Waals surface area contributed by atoms with Crippen LogP contribution in [0.15, 0.2) is 55.0 Å². The Balaban J connectivity index is 1.34. The number of halogens is 4. The number of nitrogens with zero attached hydrogens (tertiary/aromatic N) is 6. The molecule has 0 saturated carbocycles. The lowest BCUT2D eigenvalue weighted by Crippen LogP contribution is -2.50. The van der Waals surface area contributed by atoms with E-state index in [9.17, 15) is 13.2 Å². The fraction of sp³-hybridized carbons (Fsp3) is 0.364. The number of anilines is 2. The molecule has 2 aromatic heterocycles. The number of aromatic nitrogens is 3. The van der Waals surface area contributed by atoms with Gasteiger partial charge in [0.1, 0.15) is 17.0 Å². The first kappa shape index (κ1) is 34.5. The van der Waals surface area contributed by atoms with Crippen molar-refractivity contribution in [3.8, 4) is 28.1 Å². The number of piperazine rings is 1. The largest absolute Gasteiger partial charge is 0.444 e. The quantitative estimate of drug-likeness (QED) is 0.233. The molecule has 0 spiro atoms. The van der Waals surface area contributed by atoms with E-state index in [0.29, 0.717) is 57.7 Å². The molecule has 2 aliphatic rings. The van der Waals surface area contributed by atoms with E-state index in [2.05, 4.69) is 14.8 Å². The number of benzene rings is 2. The van der Waals surface area contributed by atoms with Gasteiger partial charge < -0.3 is 14.5 Å². The van der Waals surface area contributed by atoms with Gasteiger partial charge in [-0.25, -0.2) is 22.6 Å². The lowest BCUT2D eigenvalue weighted by Gasteiger charge is -2.36. The summed E-state index contributed by atoms with van der Waals surface area (Å²) in [7, 11) is -4.06. The van der Waals surface area contributed by atoms with E-state index >= 15 is 13.2 Å². The Bertz CT molecular complexity index is 1950. The number of carbonyl (C=O) groups excluding carboxylic acids is 1. The molecule has 260 valence electrons. The summed E-state index contributed by atoms with van der Waals surface area (Å²) in [6, 6.07) is 8.02. The normalized spacial score (nSPS) is 15.9. The Morgan fingerprint density at radius 2 is 1.55 bits per heavy atom. The molecular weight excluding hydrogens is 683 g/mol. The fourth-order valence-corrected chi connectivity index (χ4v) is 7.34. The molecule has 4 aromatic rings. The van der Waals surface area contributed by atoms with Crippen LogP contribution in [0.2, 0.25) is 5.02 Å². The molecule has 1 amide bonds. The number of hydrogen-bond donors (Lipinski definition) is 1. The molecule has 16 heteroatoms. The van der Waals surface area contributed by atoms with E-state index in [0.717, 1.165) is 10.7 Å². The van der Waals surface area contributed by atoms with Crippen molar-refractivity contribution in [2.24, 2.45) is 0 Å². The SMILES string of the molecule is CC(C)(C)OC(=O)N1CCN(c2cc(F)c(-n3cc(-c4cc(Cl)cc(NS(=O)(=O)N5CCCC5)c4F)c(-c4ccncc4)n3)c(F)c2)CC1. The van der Waals surface area contributed by atoms with Gasteiger partial charge in [0.15, 0.2) is 17.5 Å². The van der Waals surface area contributed by atoms with Gasteiger partial charge in [-0.3, -0.25) is 9.71 Å². The monoisotopic (exact) mass is 717 g/mol. The van der Waals surface area contributed by atoms with E-state index in [1.54, 1.807) is 42.7 Å². The van der Waals surface area contributed by atoms with Gasteiger partial charge in [-0.2, -0.15) is 17.8 Å². The molecule has 0 radical (unpaired) electrons. The predicted octanol–water partition coefficient (Wildman–Crippen LogP) is 6.48. The van der Waals surface area contributed by atoms with Crippen molar-refractivity contribution in [3.63, 3.8) is 0 Å². The number of rotatable bonds is 7. The van der Waals surface area contributed by atoms with Gasteiger partial charge in [-0.15, -0.1) is 0 Å². The molecule has 0 bridgehead atoms. The Labute approximate surface area is 287 Å².